The fraction of sp³-hybridized carbons (Fsp3) is 0.400. The lowest BCUT2D eigenvalue weighted by Crippen LogP contribution is -2.49. The molecule has 0 fully saturated rings. The SMILES string of the molecule is CC(=O)N[C@@H](CCC(=O)N[C@@H](CSC(=S)SCc1ccccc1)C(=O)NCC(=O)O)C(=O)O. The van der Waals surface area contributed by atoms with Crippen LogP contribution in [0.5, 0.6) is 0 Å². The van der Waals surface area contributed by atoms with Gasteiger partial charge in [0.05, 0.1) is 0 Å². The minimum atomic E-state index is -1.29. The highest BCUT2D eigenvalue weighted by Gasteiger charge is 2.24. The average molecular weight is 516 g/mol. The highest BCUT2D eigenvalue weighted by atomic mass is 32.2. The van der Waals surface area contributed by atoms with Gasteiger partial charge in [-0.3, -0.25) is 19.2 Å². The van der Waals surface area contributed by atoms with Crippen molar-refractivity contribution < 1.29 is 34.2 Å². The third-order valence-electron chi connectivity index (χ3n) is 3.97. The van der Waals surface area contributed by atoms with Crippen molar-refractivity contribution in [2.45, 2.75) is 37.6 Å². The molecule has 0 heterocycles. The van der Waals surface area contributed by atoms with Crippen molar-refractivity contribution in [2.75, 3.05) is 12.3 Å². The lowest BCUT2D eigenvalue weighted by Gasteiger charge is -2.19. The molecule has 10 nitrogen and oxygen atoms in total. The summed E-state index contributed by atoms with van der Waals surface area (Å²) in [4.78, 5) is 57.7. The zero-order chi connectivity index (χ0) is 24.8. The third-order valence-corrected chi connectivity index (χ3v) is 6.83. The van der Waals surface area contributed by atoms with E-state index in [1.165, 1.54) is 23.5 Å². The first kappa shape index (κ1) is 28.4. The molecule has 1 aromatic rings. The maximum atomic E-state index is 12.4. The zero-order valence-corrected chi connectivity index (χ0v) is 20.2. The molecule has 0 saturated heterocycles. The number of carbonyl (C=O) groups is 5. The predicted octanol–water partition coefficient (Wildman–Crippen LogP) is 0.993. The van der Waals surface area contributed by atoms with Gasteiger partial charge in [0, 0.05) is 24.9 Å². The summed E-state index contributed by atoms with van der Waals surface area (Å²) in [7, 11) is 0. The van der Waals surface area contributed by atoms with Gasteiger partial charge in [0.1, 0.15) is 22.2 Å². The molecule has 0 aromatic heterocycles. The molecule has 3 amide bonds. The van der Waals surface area contributed by atoms with Crippen LogP contribution in [0.1, 0.15) is 25.3 Å². The molecule has 33 heavy (non-hydrogen) atoms. The van der Waals surface area contributed by atoms with Gasteiger partial charge in [0.2, 0.25) is 17.7 Å². The van der Waals surface area contributed by atoms with Crippen molar-refractivity contribution in [3.63, 3.8) is 0 Å². The molecule has 0 saturated carbocycles. The maximum Gasteiger partial charge on any atom is 0.326 e. The van der Waals surface area contributed by atoms with E-state index < -0.39 is 48.3 Å². The predicted molar refractivity (Wildman–Crippen MR) is 130 cm³/mol. The molecule has 0 unspecified atom stereocenters. The normalized spacial score (nSPS) is 12.2. The molecule has 0 spiro atoms. The number of rotatable bonds is 13. The Balaban J connectivity index is 2.64. The summed E-state index contributed by atoms with van der Waals surface area (Å²) < 4.78 is 0.542. The Bertz CT molecular complexity index is 868. The number of carbonyl (C=O) groups excluding carboxylic acids is 3. The van der Waals surface area contributed by atoms with Crippen LogP contribution in [-0.2, 0) is 29.7 Å². The van der Waals surface area contributed by atoms with Crippen LogP contribution < -0.4 is 16.0 Å². The van der Waals surface area contributed by atoms with Crippen molar-refractivity contribution in [2.24, 2.45) is 0 Å². The zero-order valence-electron chi connectivity index (χ0n) is 17.7. The van der Waals surface area contributed by atoms with E-state index >= 15 is 0 Å². The van der Waals surface area contributed by atoms with E-state index in [1.54, 1.807) is 0 Å². The van der Waals surface area contributed by atoms with E-state index in [9.17, 15) is 24.0 Å². The number of thioether (sulfide) groups is 2. The largest absolute Gasteiger partial charge is 0.480 e. The summed E-state index contributed by atoms with van der Waals surface area (Å²) in [6, 6.07) is 7.29. The monoisotopic (exact) mass is 515 g/mol. The van der Waals surface area contributed by atoms with Crippen LogP contribution in [-0.4, -0.2) is 67.8 Å². The third kappa shape index (κ3) is 12.8. The van der Waals surface area contributed by atoms with Gasteiger partial charge in [-0.2, -0.15) is 0 Å². The molecular weight excluding hydrogens is 490 g/mol. The smallest absolute Gasteiger partial charge is 0.326 e. The first-order valence-electron chi connectivity index (χ1n) is 9.70. The molecule has 0 aliphatic carbocycles. The lowest BCUT2D eigenvalue weighted by atomic mass is 10.1. The molecule has 0 aliphatic heterocycles. The van der Waals surface area contributed by atoms with Crippen molar-refractivity contribution in [1.82, 2.24) is 16.0 Å². The van der Waals surface area contributed by atoms with Crippen molar-refractivity contribution in [3.8, 4) is 0 Å². The number of benzene rings is 1. The maximum absolute atomic E-state index is 12.4. The highest BCUT2D eigenvalue weighted by molar-refractivity contribution is 8.46. The van der Waals surface area contributed by atoms with Crippen LogP contribution >= 0.6 is 35.7 Å². The number of amides is 3. The van der Waals surface area contributed by atoms with E-state index in [1.807, 2.05) is 30.3 Å². The van der Waals surface area contributed by atoms with Gasteiger partial charge in [-0.1, -0.05) is 42.5 Å². The summed E-state index contributed by atoms with van der Waals surface area (Å²) in [5.41, 5.74) is 1.07. The van der Waals surface area contributed by atoms with E-state index in [-0.39, 0.29) is 18.6 Å². The van der Waals surface area contributed by atoms with Crippen molar-refractivity contribution in [3.05, 3.63) is 35.9 Å². The minimum absolute atomic E-state index is 0.0614. The Hall–Kier alpha value is -2.64. The fourth-order valence-corrected chi connectivity index (χ4v) is 4.53. The molecule has 0 bridgehead atoms. The quantitative estimate of drug-likeness (QED) is 0.240. The van der Waals surface area contributed by atoms with Gasteiger partial charge in [-0.25, -0.2) is 4.79 Å². The lowest BCUT2D eigenvalue weighted by molar-refractivity contribution is -0.142. The summed E-state index contributed by atoms with van der Waals surface area (Å²) in [5.74, 6) is -3.71. The number of hydrogen-bond donors (Lipinski definition) is 5. The summed E-state index contributed by atoms with van der Waals surface area (Å²) in [5, 5.41) is 24.8. The van der Waals surface area contributed by atoms with Gasteiger partial charge < -0.3 is 26.2 Å². The Kier molecular flexibility index (Phi) is 13.1. The van der Waals surface area contributed by atoms with Gasteiger partial charge in [-0.15, -0.1) is 23.5 Å². The average Bonchev–Trinajstić information content (AvgIpc) is 2.76. The second-order valence-corrected chi connectivity index (χ2v) is 9.90. The molecule has 13 heteroatoms. The molecule has 1 rings (SSSR count). The molecule has 5 N–H and O–H groups in total. The summed E-state index contributed by atoms with van der Waals surface area (Å²) >= 11 is 7.87. The molecule has 1 aromatic carbocycles. The molecule has 0 aliphatic rings. The van der Waals surface area contributed by atoms with Gasteiger partial charge in [0.15, 0.2) is 0 Å². The number of carboxylic acids is 2. The molecule has 0 radical (unpaired) electrons. The second kappa shape index (κ2) is 15.2. The van der Waals surface area contributed by atoms with Crippen molar-refractivity contribution >= 4 is 68.9 Å². The van der Waals surface area contributed by atoms with E-state index in [4.69, 9.17) is 22.4 Å². The Morgan fingerprint density at radius 1 is 1.00 bits per heavy atom. The minimum Gasteiger partial charge on any atom is -0.480 e. The molecule has 180 valence electrons. The first-order chi connectivity index (χ1) is 15.6. The Labute approximate surface area is 204 Å². The van der Waals surface area contributed by atoms with Crippen LogP contribution in [0.4, 0.5) is 0 Å². The molecular formula is C20H25N3O7S3. The number of hydrogen-bond acceptors (Lipinski definition) is 8. The second-order valence-electron chi connectivity index (χ2n) is 6.70. The number of aliphatic carboxylic acids is 2. The summed E-state index contributed by atoms with van der Waals surface area (Å²) in [6.07, 6.45) is -0.444. The Morgan fingerprint density at radius 3 is 2.24 bits per heavy atom. The van der Waals surface area contributed by atoms with Gasteiger partial charge >= 0.3 is 11.9 Å². The van der Waals surface area contributed by atoms with Crippen LogP contribution in [0.3, 0.4) is 0 Å². The Morgan fingerprint density at radius 2 is 1.67 bits per heavy atom. The number of nitrogens with one attached hydrogen (secondary N) is 3. The number of thiocarbonyl (C=S) groups is 1. The van der Waals surface area contributed by atoms with Gasteiger partial charge in [0.25, 0.3) is 0 Å². The number of carboxylic acid groups (broad SMARTS) is 2. The van der Waals surface area contributed by atoms with E-state index in [0.29, 0.717) is 9.28 Å². The van der Waals surface area contributed by atoms with E-state index in [0.717, 1.165) is 12.5 Å². The standard InChI is InChI=1S/C20H25N3O7S3/c1-12(24)22-14(19(29)30)7-8-16(25)23-15(18(28)21-9-17(26)27)11-33-20(31)32-10-13-5-3-2-4-6-13/h2-6,14-15H,7-11H2,1H3,(H,21,28)(H,22,24)(H,23,25)(H,26,27)(H,29,30)/t14-,15-/m0/s1. The fourth-order valence-electron chi connectivity index (χ4n) is 2.42. The highest BCUT2D eigenvalue weighted by Crippen LogP contribution is 2.22. The van der Waals surface area contributed by atoms with Gasteiger partial charge in [-0.05, 0) is 12.0 Å². The van der Waals surface area contributed by atoms with Crippen LogP contribution in [0, 0.1) is 0 Å². The van der Waals surface area contributed by atoms with Crippen LogP contribution in [0.15, 0.2) is 30.3 Å². The van der Waals surface area contributed by atoms with Crippen LogP contribution in [0.2, 0.25) is 0 Å². The summed E-state index contributed by atoms with van der Waals surface area (Å²) in [6.45, 7) is 0.543. The topological polar surface area (TPSA) is 162 Å². The van der Waals surface area contributed by atoms with E-state index in [2.05, 4.69) is 16.0 Å². The van der Waals surface area contributed by atoms with Crippen LogP contribution in [0.25, 0.3) is 0 Å². The van der Waals surface area contributed by atoms with Crippen molar-refractivity contribution in [1.29, 1.82) is 0 Å². The molecule has 2 atom stereocenters. The first-order valence-corrected chi connectivity index (χ1v) is 12.1.